The van der Waals surface area contributed by atoms with Crippen LogP contribution in [0.5, 0.6) is 0 Å². The third-order valence-electron chi connectivity index (χ3n) is 3.71. The summed E-state index contributed by atoms with van der Waals surface area (Å²) in [6.45, 7) is 0.519. The van der Waals surface area contributed by atoms with Gasteiger partial charge in [0.15, 0.2) is 0 Å². The van der Waals surface area contributed by atoms with Crippen LogP contribution in [0.15, 0.2) is 70.2 Å². The van der Waals surface area contributed by atoms with E-state index >= 15 is 0 Å². The van der Waals surface area contributed by atoms with Crippen molar-refractivity contribution in [1.29, 1.82) is 0 Å². The number of methoxy groups -OCH3 is 1. The van der Waals surface area contributed by atoms with Crippen molar-refractivity contribution in [2.24, 2.45) is 5.10 Å². The van der Waals surface area contributed by atoms with Crippen LogP contribution >= 0.6 is 11.6 Å². The number of rotatable bonds is 6. The number of halogens is 1. The molecule has 0 saturated heterocycles. The largest absolute Gasteiger partial charge is 0.465 e. The van der Waals surface area contributed by atoms with Gasteiger partial charge in [-0.3, -0.25) is 0 Å². The summed E-state index contributed by atoms with van der Waals surface area (Å²) >= 11 is 6.09. The molecule has 0 atom stereocenters. The lowest BCUT2D eigenvalue weighted by Gasteiger charge is -2.02. The number of benzene rings is 2. The van der Waals surface area contributed by atoms with Crippen molar-refractivity contribution >= 4 is 23.8 Å². The molecule has 3 aromatic rings. The minimum atomic E-state index is -0.385. The molecule has 0 aliphatic heterocycles. The number of carbonyl (C=O) groups is 1. The maximum Gasteiger partial charge on any atom is 0.337 e. The van der Waals surface area contributed by atoms with Gasteiger partial charge < -0.3 is 14.6 Å². The Kier molecular flexibility index (Phi) is 5.71. The zero-order chi connectivity index (χ0) is 18.4. The first-order chi connectivity index (χ1) is 12.7. The second-order valence-electron chi connectivity index (χ2n) is 5.46. The number of hydrogen-bond acceptors (Lipinski definition) is 5. The van der Waals surface area contributed by atoms with E-state index in [0.29, 0.717) is 28.7 Å². The number of esters is 1. The van der Waals surface area contributed by atoms with Crippen LogP contribution in [0.3, 0.4) is 0 Å². The molecule has 0 fully saturated rings. The second kappa shape index (κ2) is 8.36. The van der Waals surface area contributed by atoms with Gasteiger partial charge in [-0.15, -0.1) is 0 Å². The van der Waals surface area contributed by atoms with Gasteiger partial charge in [0.1, 0.15) is 11.5 Å². The van der Waals surface area contributed by atoms with Crippen LogP contribution in [0.25, 0.3) is 11.3 Å². The third kappa shape index (κ3) is 4.32. The van der Waals surface area contributed by atoms with Gasteiger partial charge in [0, 0.05) is 10.6 Å². The van der Waals surface area contributed by atoms with Gasteiger partial charge in [0.25, 0.3) is 0 Å². The fourth-order valence-electron chi connectivity index (χ4n) is 2.38. The number of hydrazone groups is 1. The molecule has 0 aliphatic rings. The van der Waals surface area contributed by atoms with Crippen LogP contribution in [-0.2, 0) is 11.3 Å². The van der Waals surface area contributed by atoms with Crippen molar-refractivity contribution in [3.05, 3.63) is 82.6 Å². The lowest BCUT2D eigenvalue weighted by molar-refractivity contribution is 0.0601. The molecule has 0 radical (unpaired) electrons. The van der Waals surface area contributed by atoms with Crippen LogP contribution in [0.4, 0.5) is 0 Å². The number of nitrogens with one attached hydrogen (secondary N) is 1. The van der Waals surface area contributed by atoms with E-state index in [-0.39, 0.29) is 5.97 Å². The zero-order valence-corrected chi connectivity index (χ0v) is 14.9. The lowest BCUT2D eigenvalue weighted by Crippen LogP contribution is -2.05. The van der Waals surface area contributed by atoms with Gasteiger partial charge in [0.05, 0.1) is 25.4 Å². The highest BCUT2D eigenvalue weighted by Crippen LogP contribution is 2.23. The van der Waals surface area contributed by atoms with Gasteiger partial charge in [-0.2, -0.15) is 5.10 Å². The van der Waals surface area contributed by atoms with Crippen LogP contribution in [0, 0.1) is 0 Å². The Hall–Kier alpha value is -3.05. The predicted molar refractivity (Wildman–Crippen MR) is 101 cm³/mol. The normalized spacial score (nSPS) is 10.8. The fraction of sp³-hybridized carbons (Fsp3) is 0.100. The first-order valence-electron chi connectivity index (χ1n) is 7.95. The van der Waals surface area contributed by atoms with E-state index in [2.05, 4.69) is 10.5 Å². The Labute approximate surface area is 156 Å². The van der Waals surface area contributed by atoms with Crippen molar-refractivity contribution < 1.29 is 13.9 Å². The average molecular weight is 369 g/mol. The molecule has 0 saturated carbocycles. The van der Waals surface area contributed by atoms with Crippen molar-refractivity contribution in [3.8, 4) is 11.3 Å². The highest BCUT2D eigenvalue weighted by Gasteiger charge is 2.09. The van der Waals surface area contributed by atoms with Gasteiger partial charge in [-0.25, -0.2) is 4.79 Å². The minimum absolute atomic E-state index is 0.385. The summed E-state index contributed by atoms with van der Waals surface area (Å²) in [5.41, 5.74) is 5.16. The minimum Gasteiger partial charge on any atom is -0.465 e. The summed E-state index contributed by atoms with van der Waals surface area (Å²) in [6, 6.07) is 18.3. The molecule has 1 aromatic heterocycles. The summed E-state index contributed by atoms with van der Waals surface area (Å²) in [7, 11) is 1.35. The second-order valence-corrected chi connectivity index (χ2v) is 5.87. The number of ether oxygens (including phenoxy) is 1. The Balaban J connectivity index is 1.65. The third-order valence-corrected chi connectivity index (χ3v) is 4.07. The first-order valence-corrected chi connectivity index (χ1v) is 8.33. The smallest absolute Gasteiger partial charge is 0.337 e. The van der Waals surface area contributed by atoms with E-state index < -0.39 is 0 Å². The van der Waals surface area contributed by atoms with Crippen LogP contribution < -0.4 is 5.43 Å². The molecule has 0 spiro atoms. The first kappa shape index (κ1) is 17.8. The Morgan fingerprint density at radius 3 is 2.85 bits per heavy atom. The maximum absolute atomic E-state index is 11.6. The molecule has 3 rings (SSSR count). The molecule has 5 nitrogen and oxygen atoms in total. The van der Waals surface area contributed by atoms with Crippen molar-refractivity contribution in [1.82, 2.24) is 5.43 Å². The quantitative estimate of drug-likeness (QED) is 0.395. The Bertz CT molecular complexity index is 934. The summed E-state index contributed by atoms with van der Waals surface area (Å²) in [5, 5.41) is 4.84. The van der Waals surface area contributed by atoms with E-state index in [4.69, 9.17) is 20.8 Å². The summed E-state index contributed by atoms with van der Waals surface area (Å²) < 4.78 is 10.5. The monoisotopic (exact) mass is 368 g/mol. The maximum atomic E-state index is 11.6. The number of carbonyl (C=O) groups excluding carboxylic acids is 1. The molecule has 1 heterocycles. The van der Waals surface area contributed by atoms with Crippen LogP contribution in [0.2, 0.25) is 5.02 Å². The molecule has 6 heteroatoms. The van der Waals surface area contributed by atoms with E-state index in [1.54, 1.807) is 30.5 Å². The Morgan fingerprint density at radius 1 is 1.19 bits per heavy atom. The molecule has 2 aromatic carbocycles. The molecule has 132 valence electrons. The molecular weight excluding hydrogens is 352 g/mol. The standard InChI is InChI=1S/C20H17ClN2O3/c1-25-20(24)15-7-4-6-14(11-15)19-10-9-17(26-19)13-23-22-12-16-5-2-3-8-18(16)21/h2-11,13,22H,12H2,1H3/b23-13-. The van der Waals surface area contributed by atoms with Gasteiger partial charge >= 0.3 is 5.97 Å². The fourth-order valence-corrected chi connectivity index (χ4v) is 2.58. The highest BCUT2D eigenvalue weighted by molar-refractivity contribution is 6.31. The summed E-state index contributed by atoms with van der Waals surface area (Å²) in [4.78, 5) is 11.6. The average Bonchev–Trinajstić information content (AvgIpc) is 3.15. The van der Waals surface area contributed by atoms with E-state index in [0.717, 1.165) is 11.1 Å². The number of hydrogen-bond donors (Lipinski definition) is 1. The molecule has 0 aliphatic carbocycles. The van der Waals surface area contributed by atoms with E-state index in [9.17, 15) is 4.79 Å². The van der Waals surface area contributed by atoms with Crippen LogP contribution in [-0.4, -0.2) is 19.3 Å². The Morgan fingerprint density at radius 2 is 2.04 bits per heavy atom. The molecule has 1 N–H and O–H groups in total. The topological polar surface area (TPSA) is 63.8 Å². The summed E-state index contributed by atoms with van der Waals surface area (Å²) in [6.07, 6.45) is 1.59. The molecule has 0 amide bonds. The van der Waals surface area contributed by atoms with Gasteiger partial charge in [-0.1, -0.05) is 41.9 Å². The number of nitrogens with zero attached hydrogens (tertiary/aromatic N) is 1. The highest BCUT2D eigenvalue weighted by atomic mass is 35.5. The number of furan rings is 1. The van der Waals surface area contributed by atoms with Gasteiger partial charge in [0.2, 0.25) is 0 Å². The molecule has 26 heavy (non-hydrogen) atoms. The molecule has 0 bridgehead atoms. The molecule has 0 unspecified atom stereocenters. The SMILES string of the molecule is COC(=O)c1cccc(-c2ccc(/C=N\NCc3ccccc3Cl)o2)c1. The predicted octanol–water partition coefficient (Wildman–Crippen LogP) is 4.51. The summed E-state index contributed by atoms with van der Waals surface area (Å²) in [5.74, 6) is 0.849. The van der Waals surface area contributed by atoms with Crippen molar-refractivity contribution in [3.63, 3.8) is 0 Å². The van der Waals surface area contributed by atoms with Gasteiger partial charge in [-0.05, 0) is 35.9 Å². The molecular formula is C20H17ClN2O3. The lowest BCUT2D eigenvalue weighted by atomic mass is 10.1. The van der Waals surface area contributed by atoms with Crippen molar-refractivity contribution in [2.45, 2.75) is 6.54 Å². The van der Waals surface area contributed by atoms with E-state index in [1.807, 2.05) is 36.4 Å². The van der Waals surface area contributed by atoms with Crippen molar-refractivity contribution in [2.75, 3.05) is 7.11 Å². The van der Waals surface area contributed by atoms with E-state index in [1.165, 1.54) is 7.11 Å². The zero-order valence-electron chi connectivity index (χ0n) is 14.1. The van der Waals surface area contributed by atoms with Crippen LogP contribution in [0.1, 0.15) is 21.7 Å².